The van der Waals surface area contributed by atoms with E-state index in [0.29, 0.717) is 18.0 Å². The molecule has 0 fully saturated rings. The first-order valence-corrected chi connectivity index (χ1v) is 8.38. The maximum atomic E-state index is 12.2. The van der Waals surface area contributed by atoms with Crippen molar-refractivity contribution in [1.82, 2.24) is 15.3 Å². The second-order valence-corrected chi connectivity index (χ2v) is 6.19. The van der Waals surface area contributed by atoms with E-state index >= 15 is 0 Å². The summed E-state index contributed by atoms with van der Waals surface area (Å²) < 4.78 is 0. The summed E-state index contributed by atoms with van der Waals surface area (Å²) in [5.41, 5.74) is 8.57. The fourth-order valence-corrected chi connectivity index (χ4v) is 2.75. The van der Waals surface area contributed by atoms with Crippen molar-refractivity contribution in [2.45, 2.75) is 12.5 Å². The molecule has 2 heterocycles. The van der Waals surface area contributed by atoms with E-state index < -0.39 is 0 Å². The Kier molecular flexibility index (Phi) is 9.32. The molecule has 0 aliphatic heterocycles. The molecule has 0 spiro atoms. The average Bonchev–Trinajstić information content (AvgIpc) is 3.04. The minimum atomic E-state index is -0.178. The van der Waals surface area contributed by atoms with Crippen LogP contribution in [-0.4, -0.2) is 28.5 Å². The SMILES string of the molecule is Cl.Cl.NC[C@H](Cc1ccc(Cl)cc1)NC(=O)C=Cc1c[nH]c2ncccc12. The summed E-state index contributed by atoms with van der Waals surface area (Å²) in [6.07, 6.45) is 7.49. The molecule has 2 aromatic heterocycles. The first kappa shape index (κ1) is 23.0. The molecule has 27 heavy (non-hydrogen) atoms. The van der Waals surface area contributed by atoms with E-state index in [9.17, 15) is 4.79 Å². The number of nitrogens with zero attached hydrogens (tertiary/aromatic N) is 1. The zero-order valence-corrected chi connectivity index (χ0v) is 16.8. The van der Waals surface area contributed by atoms with Crippen LogP contribution in [0.3, 0.4) is 0 Å². The predicted molar refractivity (Wildman–Crippen MR) is 116 cm³/mol. The van der Waals surface area contributed by atoms with Crippen molar-refractivity contribution in [3.05, 3.63) is 71.0 Å². The molecule has 0 radical (unpaired) electrons. The lowest BCUT2D eigenvalue weighted by molar-refractivity contribution is -0.117. The zero-order chi connectivity index (χ0) is 17.6. The number of fused-ring (bicyclic) bond motifs is 1. The number of nitrogens with two attached hydrogens (primary N) is 1. The quantitative estimate of drug-likeness (QED) is 0.524. The summed E-state index contributed by atoms with van der Waals surface area (Å²) in [7, 11) is 0. The zero-order valence-electron chi connectivity index (χ0n) is 14.4. The number of nitrogens with one attached hydrogen (secondary N) is 2. The van der Waals surface area contributed by atoms with Gasteiger partial charge in [0.25, 0.3) is 0 Å². The highest BCUT2D eigenvalue weighted by molar-refractivity contribution is 6.30. The number of carbonyl (C=O) groups excluding carboxylic acids is 1. The number of rotatable bonds is 6. The average molecular weight is 428 g/mol. The second-order valence-electron chi connectivity index (χ2n) is 5.75. The topological polar surface area (TPSA) is 83.8 Å². The van der Waals surface area contributed by atoms with Gasteiger partial charge in [0.1, 0.15) is 5.65 Å². The van der Waals surface area contributed by atoms with Gasteiger partial charge in [0, 0.05) is 47.0 Å². The third-order valence-corrected chi connectivity index (χ3v) is 4.18. The lowest BCUT2D eigenvalue weighted by atomic mass is 10.1. The Labute approximate surface area is 175 Å². The third-order valence-electron chi connectivity index (χ3n) is 3.92. The lowest BCUT2D eigenvalue weighted by Crippen LogP contribution is -2.40. The van der Waals surface area contributed by atoms with Gasteiger partial charge in [0.15, 0.2) is 0 Å². The van der Waals surface area contributed by atoms with E-state index in [1.165, 1.54) is 6.08 Å². The predicted octanol–water partition coefficient (Wildman–Crippen LogP) is 3.76. The number of halogens is 3. The molecule has 0 unspecified atom stereocenters. The van der Waals surface area contributed by atoms with Crippen molar-refractivity contribution in [2.75, 3.05) is 6.54 Å². The molecule has 1 atom stereocenters. The van der Waals surface area contributed by atoms with Crippen molar-refractivity contribution in [3.8, 4) is 0 Å². The molecular weight excluding hydrogens is 407 g/mol. The van der Waals surface area contributed by atoms with Gasteiger partial charge < -0.3 is 16.0 Å². The first-order chi connectivity index (χ1) is 12.2. The van der Waals surface area contributed by atoms with Crippen LogP contribution in [0.1, 0.15) is 11.1 Å². The number of benzene rings is 1. The van der Waals surface area contributed by atoms with Crippen molar-refractivity contribution in [1.29, 1.82) is 0 Å². The number of H-pyrrole nitrogens is 1. The molecule has 0 saturated carbocycles. The van der Waals surface area contributed by atoms with Gasteiger partial charge in [0.05, 0.1) is 0 Å². The summed E-state index contributed by atoms with van der Waals surface area (Å²) in [5.74, 6) is -0.178. The Morgan fingerprint density at radius 3 is 2.70 bits per heavy atom. The number of pyridine rings is 1. The molecule has 5 nitrogen and oxygen atoms in total. The van der Waals surface area contributed by atoms with Crippen LogP contribution in [-0.2, 0) is 11.2 Å². The Bertz CT molecular complexity index is 893. The number of aromatic nitrogens is 2. The van der Waals surface area contributed by atoms with Crippen molar-refractivity contribution in [3.63, 3.8) is 0 Å². The first-order valence-electron chi connectivity index (χ1n) is 8.01. The number of hydrogen-bond donors (Lipinski definition) is 3. The second kappa shape index (κ2) is 10.9. The van der Waals surface area contributed by atoms with Crippen LogP contribution in [0.5, 0.6) is 0 Å². The van der Waals surface area contributed by atoms with Gasteiger partial charge in [-0.15, -0.1) is 24.8 Å². The minimum Gasteiger partial charge on any atom is -0.348 e. The molecule has 1 aromatic carbocycles. The normalized spacial score (nSPS) is 11.6. The summed E-state index contributed by atoms with van der Waals surface area (Å²) >= 11 is 5.89. The van der Waals surface area contributed by atoms with Gasteiger partial charge in [-0.3, -0.25) is 4.79 Å². The third kappa shape index (κ3) is 6.26. The summed E-state index contributed by atoms with van der Waals surface area (Å²) in [6.45, 7) is 0.360. The maximum absolute atomic E-state index is 12.2. The Morgan fingerprint density at radius 2 is 2.00 bits per heavy atom. The number of carbonyl (C=O) groups is 1. The van der Waals surface area contributed by atoms with E-state index in [1.807, 2.05) is 42.6 Å². The van der Waals surface area contributed by atoms with Crippen molar-refractivity contribution >= 4 is 59.4 Å². The molecule has 0 saturated heterocycles. The Balaban J connectivity index is 0.00000182. The van der Waals surface area contributed by atoms with Gasteiger partial charge in [0.2, 0.25) is 5.91 Å². The van der Waals surface area contributed by atoms with Gasteiger partial charge >= 0.3 is 0 Å². The van der Waals surface area contributed by atoms with Crippen molar-refractivity contribution < 1.29 is 4.79 Å². The molecule has 0 aliphatic rings. The van der Waals surface area contributed by atoms with Gasteiger partial charge in [-0.05, 0) is 42.3 Å². The standard InChI is InChI=1S/C19H19ClN4O.2ClH/c20-15-6-3-13(4-7-15)10-16(11-21)24-18(25)8-5-14-12-23-19-17(14)2-1-9-22-19;;/h1-9,12,16H,10-11,21H2,(H,22,23)(H,24,25);2*1H/t16-;;/m0../s1. The van der Waals surface area contributed by atoms with E-state index in [-0.39, 0.29) is 36.8 Å². The maximum Gasteiger partial charge on any atom is 0.244 e. The highest BCUT2D eigenvalue weighted by atomic mass is 35.5. The fourth-order valence-electron chi connectivity index (χ4n) is 2.63. The Hall–Kier alpha value is -2.05. The molecule has 0 bridgehead atoms. The molecule has 1 amide bonds. The summed E-state index contributed by atoms with van der Waals surface area (Å²) in [5, 5.41) is 4.59. The van der Waals surface area contributed by atoms with E-state index in [0.717, 1.165) is 22.2 Å². The van der Waals surface area contributed by atoms with Crippen LogP contribution in [0.25, 0.3) is 17.1 Å². The molecule has 144 valence electrons. The molecule has 8 heteroatoms. The van der Waals surface area contributed by atoms with Crippen LogP contribution in [0.2, 0.25) is 5.02 Å². The molecule has 4 N–H and O–H groups in total. The number of amides is 1. The molecular formula is C19H21Cl3N4O. The highest BCUT2D eigenvalue weighted by Gasteiger charge is 2.10. The summed E-state index contributed by atoms with van der Waals surface area (Å²) in [6, 6.07) is 11.2. The number of aromatic amines is 1. The molecule has 3 aromatic rings. The van der Waals surface area contributed by atoms with Crippen LogP contribution in [0.15, 0.2) is 54.9 Å². The lowest BCUT2D eigenvalue weighted by Gasteiger charge is -2.15. The molecule has 3 rings (SSSR count). The van der Waals surface area contributed by atoms with Gasteiger partial charge in [-0.1, -0.05) is 23.7 Å². The van der Waals surface area contributed by atoms with Crippen LogP contribution >= 0.6 is 36.4 Å². The van der Waals surface area contributed by atoms with Crippen LogP contribution in [0.4, 0.5) is 0 Å². The van der Waals surface area contributed by atoms with Crippen LogP contribution in [0, 0.1) is 0 Å². The highest BCUT2D eigenvalue weighted by Crippen LogP contribution is 2.16. The van der Waals surface area contributed by atoms with Gasteiger partial charge in [-0.25, -0.2) is 4.98 Å². The van der Waals surface area contributed by atoms with Crippen molar-refractivity contribution in [2.24, 2.45) is 5.73 Å². The van der Waals surface area contributed by atoms with E-state index in [4.69, 9.17) is 17.3 Å². The smallest absolute Gasteiger partial charge is 0.244 e. The largest absolute Gasteiger partial charge is 0.348 e. The minimum absolute atomic E-state index is 0. The van der Waals surface area contributed by atoms with Crippen LogP contribution < -0.4 is 11.1 Å². The fraction of sp³-hybridized carbons (Fsp3) is 0.158. The van der Waals surface area contributed by atoms with Gasteiger partial charge in [-0.2, -0.15) is 0 Å². The number of hydrogen-bond acceptors (Lipinski definition) is 3. The Morgan fingerprint density at radius 1 is 1.26 bits per heavy atom. The van der Waals surface area contributed by atoms with E-state index in [1.54, 1.807) is 12.3 Å². The summed E-state index contributed by atoms with van der Waals surface area (Å²) in [4.78, 5) is 19.5. The molecule has 0 aliphatic carbocycles. The van der Waals surface area contributed by atoms with E-state index in [2.05, 4.69) is 15.3 Å². The monoisotopic (exact) mass is 426 g/mol.